The lowest BCUT2D eigenvalue weighted by molar-refractivity contribution is -0.141. The summed E-state index contributed by atoms with van der Waals surface area (Å²) < 4.78 is 6.83. The molecular formula is C17H19N3O4. The number of methoxy groups -OCH3 is 1. The summed E-state index contributed by atoms with van der Waals surface area (Å²) in [6, 6.07) is 9.11. The van der Waals surface area contributed by atoms with E-state index in [0.29, 0.717) is 18.7 Å². The first-order valence-electron chi connectivity index (χ1n) is 7.72. The Morgan fingerprint density at radius 2 is 2.00 bits per heavy atom. The van der Waals surface area contributed by atoms with Crippen LogP contribution in [0.15, 0.2) is 30.3 Å². The number of carboxylic acid groups (broad SMARTS) is 1. The van der Waals surface area contributed by atoms with Crippen LogP contribution >= 0.6 is 0 Å². The molecule has 0 bridgehead atoms. The van der Waals surface area contributed by atoms with Crippen LogP contribution in [-0.2, 0) is 4.79 Å². The summed E-state index contributed by atoms with van der Waals surface area (Å²) in [4.78, 5) is 25.1. The Morgan fingerprint density at radius 3 is 2.58 bits per heavy atom. The minimum Gasteiger partial charge on any atom is -0.497 e. The lowest BCUT2D eigenvalue weighted by Crippen LogP contribution is -2.30. The molecular weight excluding hydrogens is 310 g/mol. The van der Waals surface area contributed by atoms with Crippen molar-refractivity contribution in [2.45, 2.75) is 13.3 Å². The Bertz CT molecular complexity index is 767. The van der Waals surface area contributed by atoms with Gasteiger partial charge < -0.3 is 14.7 Å². The largest absolute Gasteiger partial charge is 0.497 e. The molecule has 0 radical (unpaired) electrons. The fourth-order valence-corrected chi connectivity index (χ4v) is 2.87. The average Bonchev–Trinajstić information content (AvgIpc) is 3.21. The number of likely N-dealkylation sites (tertiary alicyclic amines) is 1. The van der Waals surface area contributed by atoms with E-state index in [-0.39, 0.29) is 12.5 Å². The molecule has 0 saturated carbocycles. The zero-order valence-electron chi connectivity index (χ0n) is 13.6. The van der Waals surface area contributed by atoms with Crippen molar-refractivity contribution in [1.29, 1.82) is 0 Å². The second kappa shape index (κ2) is 6.35. The summed E-state index contributed by atoms with van der Waals surface area (Å²) in [6.07, 6.45) is 0.485. The summed E-state index contributed by atoms with van der Waals surface area (Å²) in [6.45, 7) is 2.56. The maximum atomic E-state index is 12.5. The molecule has 0 aliphatic carbocycles. The monoisotopic (exact) mass is 329 g/mol. The van der Waals surface area contributed by atoms with Crippen LogP contribution in [0.4, 0.5) is 0 Å². The van der Waals surface area contributed by atoms with Crippen LogP contribution in [0, 0.1) is 12.8 Å². The maximum absolute atomic E-state index is 12.5. The minimum atomic E-state index is -0.856. The number of hydrogen-bond acceptors (Lipinski definition) is 4. The first-order chi connectivity index (χ1) is 11.5. The second-order valence-electron chi connectivity index (χ2n) is 5.86. The summed E-state index contributed by atoms with van der Waals surface area (Å²) in [5.41, 5.74) is 1.99. The van der Waals surface area contributed by atoms with Crippen LogP contribution < -0.4 is 4.74 Å². The Morgan fingerprint density at radius 1 is 1.29 bits per heavy atom. The molecule has 126 valence electrons. The molecule has 1 aliphatic rings. The lowest BCUT2D eigenvalue weighted by Gasteiger charge is -2.13. The summed E-state index contributed by atoms with van der Waals surface area (Å²) >= 11 is 0. The third kappa shape index (κ3) is 2.97. The smallest absolute Gasteiger partial charge is 0.308 e. The number of amides is 1. The van der Waals surface area contributed by atoms with E-state index in [1.54, 1.807) is 22.8 Å². The Hall–Kier alpha value is -2.83. The molecule has 3 rings (SSSR count). The van der Waals surface area contributed by atoms with Crippen molar-refractivity contribution in [3.05, 3.63) is 41.7 Å². The second-order valence-corrected chi connectivity index (χ2v) is 5.86. The number of aromatic nitrogens is 2. The van der Waals surface area contributed by atoms with Gasteiger partial charge >= 0.3 is 5.97 Å². The van der Waals surface area contributed by atoms with Gasteiger partial charge in [0.25, 0.3) is 5.91 Å². The van der Waals surface area contributed by atoms with Gasteiger partial charge in [-0.25, -0.2) is 4.68 Å². The van der Waals surface area contributed by atoms with Gasteiger partial charge in [0.2, 0.25) is 0 Å². The predicted octanol–water partition coefficient (Wildman–Crippen LogP) is 1.74. The van der Waals surface area contributed by atoms with Crippen LogP contribution in [0.2, 0.25) is 0 Å². The van der Waals surface area contributed by atoms with Crippen LogP contribution in [0.5, 0.6) is 5.75 Å². The number of aliphatic carboxylic acids is 1. The van der Waals surface area contributed by atoms with Crippen LogP contribution in [0.3, 0.4) is 0 Å². The fraction of sp³-hybridized carbons (Fsp3) is 0.353. The van der Waals surface area contributed by atoms with Crippen molar-refractivity contribution < 1.29 is 19.4 Å². The Balaban J connectivity index is 1.80. The Kier molecular flexibility index (Phi) is 4.24. The zero-order valence-corrected chi connectivity index (χ0v) is 13.6. The molecule has 7 nitrogen and oxygen atoms in total. The minimum absolute atomic E-state index is 0.228. The third-order valence-electron chi connectivity index (χ3n) is 4.25. The molecule has 1 aliphatic heterocycles. The molecule has 0 spiro atoms. The molecule has 2 aromatic rings. The van der Waals surface area contributed by atoms with E-state index >= 15 is 0 Å². The van der Waals surface area contributed by atoms with Gasteiger partial charge in [0.15, 0.2) is 5.69 Å². The molecule has 1 atom stereocenters. The summed E-state index contributed by atoms with van der Waals surface area (Å²) in [7, 11) is 1.60. The van der Waals surface area contributed by atoms with Gasteiger partial charge in [-0.05, 0) is 43.7 Å². The highest BCUT2D eigenvalue weighted by molar-refractivity contribution is 5.93. The van der Waals surface area contributed by atoms with Gasteiger partial charge in [0.05, 0.1) is 18.7 Å². The fourth-order valence-electron chi connectivity index (χ4n) is 2.87. The SMILES string of the molecule is COc1ccc(-n2nc(C(=O)N3CCC(C(=O)O)C3)cc2C)cc1. The normalized spacial score (nSPS) is 17.1. The van der Waals surface area contributed by atoms with Crippen molar-refractivity contribution in [3.63, 3.8) is 0 Å². The highest BCUT2D eigenvalue weighted by Gasteiger charge is 2.32. The number of nitrogens with zero attached hydrogens (tertiary/aromatic N) is 3. The first-order valence-corrected chi connectivity index (χ1v) is 7.72. The number of carbonyl (C=O) groups excluding carboxylic acids is 1. The highest BCUT2D eigenvalue weighted by Crippen LogP contribution is 2.21. The van der Waals surface area contributed by atoms with Crippen molar-refractivity contribution >= 4 is 11.9 Å². The standard InChI is InChI=1S/C17H19N3O4/c1-11-9-15(16(21)19-8-7-12(10-19)17(22)23)18-20(11)13-3-5-14(24-2)6-4-13/h3-6,9,12H,7-8,10H2,1-2H3,(H,22,23). The van der Waals surface area contributed by atoms with E-state index < -0.39 is 11.9 Å². The van der Waals surface area contributed by atoms with Gasteiger partial charge in [-0.3, -0.25) is 9.59 Å². The number of benzene rings is 1. The van der Waals surface area contributed by atoms with Crippen LogP contribution in [0.1, 0.15) is 22.6 Å². The zero-order chi connectivity index (χ0) is 17.3. The van der Waals surface area contributed by atoms with E-state index in [0.717, 1.165) is 17.1 Å². The summed E-state index contributed by atoms with van der Waals surface area (Å²) in [5.74, 6) is -0.824. The molecule has 1 aromatic carbocycles. The lowest BCUT2D eigenvalue weighted by atomic mass is 10.1. The molecule has 1 fully saturated rings. The van der Waals surface area contributed by atoms with Gasteiger partial charge in [-0.15, -0.1) is 0 Å². The van der Waals surface area contributed by atoms with Gasteiger partial charge in [-0.1, -0.05) is 0 Å². The Labute approximate surface area is 139 Å². The first kappa shape index (κ1) is 16.0. The molecule has 24 heavy (non-hydrogen) atoms. The van der Waals surface area contributed by atoms with Crippen LogP contribution in [-0.4, -0.2) is 51.9 Å². The third-order valence-corrected chi connectivity index (χ3v) is 4.25. The van der Waals surface area contributed by atoms with Crippen LogP contribution in [0.25, 0.3) is 5.69 Å². The number of carboxylic acids is 1. The van der Waals surface area contributed by atoms with Gasteiger partial charge in [-0.2, -0.15) is 5.10 Å². The number of aryl methyl sites for hydroxylation is 1. The number of hydrogen-bond donors (Lipinski definition) is 1. The molecule has 1 N–H and O–H groups in total. The van der Waals surface area contributed by atoms with E-state index in [1.807, 2.05) is 31.2 Å². The van der Waals surface area contributed by atoms with E-state index in [1.165, 1.54) is 0 Å². The molecule has 1 amide bonds. The molecule has 2 heterocycles. The number of rotatable bonds is 4. The van der Waals surface area contributed by atoms with Crippen molar-refractivity contribution in [2.75, 3.05) is 20.2 Å². The maximum Gasteiger partial charge on any atom is 0.308 e. The number of ether oxygens (including phenoxy) is 1. The van der Waals surface area contributed by atoms with E-state index in [9.17, 15) is 9.59 Å². The predicted molar refractivity (Wildman–Crippen MR) is 86.5 cm³/mol. The average molecular weight is 329 g/mol. The molecule has 1 aromatic heterocycles. The van der Waals surface area contributed by atoms with Crippen molar-refractivity contribution in [2.24, 2.45) is 5.92 Å². The highest BCUT2D eigenvalue weighted by atomic mass is 16.5. The van der Waals surface area contributed by atoms with Gasteiger partial charge in [0, 0.05) is 18.8 Å². The summed E-state index contributed by atoms with van der Waals surface area (Å²) in [5, 5.41) is 13.4. The van der Waals surface area contributed by atoms with E-state index in [4.69, 9.17) is 9.84 Å². The number of carbonyl (C=O) groups is 2. The van der Waals surface area contributed by atoms with Gasteiger partial charge in [0.1, 0.15) is 5.75 Å². The van der Waals surface area contributed by atoms with Crippen molar-refractivity contribution in [3.8, 4) is 11.4 Å². The molecule has 1 saturated heterocycles. The molecule has 7 heteroatoms. The van der Waals surface area contributed by atoms with E-state index in [2.05, 4.69) is 5.10 Å². The van der Waals surface area contributed by atoms with Crippen molar-refractivity contribution in [1.82, 2.24) is 14.7 Å². The quantitative estimate of drug-likeness (QED) is 0.923. The topological polar surface area (TPSA) is 84.7 Å². The molecule has 1 unspecified atom stereocenters.